The van der Waals surface area contributed by atoms with Crippen LogP contribution in [0.4, 0.5) is 0 Å². The van der Waals surface area contributed by atoms with E-state index in [2.05, 4.69) is 26.8 Å². The summed E-state index contributed by atoms with van der Waals surface area (Å²) in [6.07, 6.45) is 0. The maximum atomic E-state index is 6.20. The minimum absolute atomic E-state index is 0.0381. The highest BCUT2D eigenvalue weighted by atomic mass is 35.5. The molecule has 0 unspecified atom stereocenters. The van der Waals surface area contributed by atoms with Crippen LogP contribution in [0.15, 0.2) is 23.1 Å². The van der Waals surface area contributed by atoms with Crippen LogP contribution >= 0.6 is 23.4 Å². The SMILES string of the molecule is C[C@@H](N)c1ccc(SC(C)(C)C)c(Cl)c1. The molecule has 0 fully saturated rings. The number of nitrogens with two attached hydrogens (primary N) is 1. The second-order valence-electron chi connectivity index (χ2n) is 4.69. The van der Waals surface area contributed by atoms with Crippen LogP contribution in [-0.4, -0.2) is 4.75 Å². The Kier molecular flexibility index (Phi) is 4.10. The number of halogens is 1. The van der Waals surface area contributed by atoms with Crippen LogP contribution in [-0.2, 0) is 0 Å². The third kappa shape index (κ3) is 4.06. The standard InChI is InChI=1S/C12H18ClNS/c1-8(14)9-5-6-11(10(13)7-9)15-12(2,3)4/h5-8H,14H2,1-4H3/t8-/m1/s1. The van der Waals surface area contributed by atoms with Crippen molar-refractivity contribution < 1.29 is 0 Å². The van der Waals surface area contributed by atoms with E-state index in [-0.39, 0.29) is 10.8 Å². The highest BCUT2D eigenvalue weighted by Gasteiger charge is 2.14. The fourth-order valence-corrected chi connectivity index (χ4v) is 2.47. The van der Waals surface area contributed by atoms with E-state index in [0.717, 1.165) is 15.5 Å². The van der Waals surface area contributed by atoms with Crippen LogP contribution in [0.1, 0.15) is 39.3 Å². The van der Waals surface area contributed by atoms with Crippen molar-refractivity contribution in [3.05, 3.63) is 28.8 Å². The number of benzene rings is 1. The zero-order chi connectivity index (χ0) is 11.6. The van der Waals surface area contributed by atoms with Gasteiger partial charge in [-0.3, -0.25) is 0 Å². The summed E-state index contributed by atoms with van der Waals surface area (Å²) in [5.74, 6) is 0. The molecule has 1 rings (SSSR count). The Bertz CT molecular complexity index is 342. The van der Waals surface area contributed by atoms with Crippen molar-refractivity contribution in [1.82, 2.24) is 0 Å². The van der Waals surface area contributed by atoms with Gasteiger partial charge in [0.2, 0.25) is 0 Å². The van der Waals surface area contributed by atoms with E-state index < -0.39 is 0 Å². The van der Waals surface area contributed by atoms with Gasteiger partial charge in [-0.2, -0.15) is 0 Å². The molecule has 0 heterocycles. The van der Waals surface area contributed by atoms with Crippen molar-refractivity contribution in [3.8, 4) is 0 Å². The molecule has 1 nitrogen and oxygen atoms in total. The molecule has 0 amide bonds. The molecule has 0 aliphatic carbocycles. The van der Waals surface area contributed by atoms with E-state index in [1.54, 1.807) is 11.8 Å². The Hall–Kier alpha value is -0.180. The largest absolute Gasteiger partial charge is 0.324 e. The van der Waals surface area contributed by atoms with Crippen LogP contribution in [0.5, 0.6) is 0 Å². The third-order valence-electron chi connectivity index (χ3n) is 1.90. The van der Waals surface area contributed by atoms with Gasteiger partial charge in [-0.1, -0.05) is 38.4 Å². The maximum Gasteiger partial charge on any atom is 0.0545 e. The highest BCUT2D eigenvalue weighted by Crippen LogP contribution is 2.37. The predicted molar refractivity (Wildman–Crippen MR) is 69.7 cm³/mol. The molecule has 0 saturated carbocycles. The molecule has 0 bridgehead atoms. The van der Waals surface area contributed by atoms with Gasteiger partial charge in [0.1, 0.15) is 0 Å². The first-order chi connectivity index (χ1) is 6.79. The molecular formula is C12H18ClNS. The molecule has 1 aromatic rings. The summed E-state index contributed by atoms with van der Waals surface area (Å²) in [5, 5.41) is 0.796. The fourth-order valence-electron chi connectivity index (χ4n) is 1.21. The van der Waals surface area contributed by atoms with Gasteiger partial charge in [-0.05, 0) is 24.6 Å². The van der Waals surface area contributed by atoms with Gasteiger partial charge < -0.3 is 5.73 Å². The number of rotatable bonds is 2. The zero-order valence-corrected chi connectivity index (χ0v) is 11.2. The highest BCUT2D eigenvalue weighted by molar-refractivity contribution is 8.00. The lowest BCUT2D eigenvalue weighted by Crippen LogP contribution is -2.08. The molecule has 0 aliphatic rings. The fraction of sp³-hybridized carbons (Fsp3) is 0.500. The average molecular weight is 244 g/mol. The molecule has 1 aromatic carbocycles. The van der Waals surface area contributed by atoms with Crippen LogP contribution < -0.4 is 5.73 Å². The molecule has 0 spiro atoms. The van der Waals surface area contributed by atoms with Crippen molar-refractivity contribution >= 4 is 23.4 Å². The van der Waals surface area contributed by atoms with Crippen molar-refractivity contribution in [2.45, 2.75) is 43.4 Å². The molecule has 0 radical (unpaired) electrons. The Labute approximate surface area is 101 Å². The van der Waals surface area contributed by atoms with Gasteiger partial charge in [-0.25, -0.2) is 0 Å². The molecule has 3 heteroatoms. The van der Waals surface area contributed by atoms with Crippen LogP contribution in [0.2, 0.25) is 5.02 Å². The van der Waals surface area contributed by atoms with Gasteiger partial charge in [-0.15, -0.1) is 11.8 Å². The zero-order valence-electron chi connectivity index (χ0n) is 9.67. The Balaban J connectivity index is 2.94. The third-order valence-corrected chi connectivity index (χ3v) is 3.51. The average Bonchev–Trinajstić information content (AvgIpc) is 2.05. The van der Waals surface area contributed by atoms with E-state index in [9.17, 15) is 0 Å². The summed E-state index contributed by atoms with van der Waals surface area (Å²) >= 11 is 7.98. The lowest BCUT2D eigenvalue weighted by molar-refractivity contribution is 0.801. The van der Waals surface area contributed by atoms with Crippen LogP contribution in [0, 0.1) is 0 Å². The molecule has 0 saturated heterocycles. The lowest BCUT2D eigenvalue weighted by atomic mass is 10.1. The summed E-state index contributed by atoms with van der Waals surface area (Å²) in [5.41, 5.74) is 6.88. The van der Waals surface area contributed by atoms with Gasteiger partial charge in [0.15, 0.2) is 0 Å². The summed E-state index contributed by atoms with van der Waals surface area (Å²) in [7, 11) is 0. The van der Waals surface area contributed by atoms with Crippen LogP contribution in [0.3, 0.4) is 0 Å². The molecular weight excluding hydrogens is 226 g/mol. The Morgan fingerprint density at radius 3 is 2.33 bits per heavy atom. The number of thioether (sulfide) groups is 1. The molecule has 2 N–H and O–H groups in total. The quantitative estimate of drug-likeness (QED) is 0.786. The first-order valence-corrected chi connectivity index (χ1v) is 6.23. The number of hydrogen-bond acceptors (Lipinski definition) is 2. The maximum absolute atomic E-state index is 6.20. The first kappa shape index (κ1) is 12.9. The number of hydrogen-bond donors (Lipinski definition) is 1. The summed E-state index contributed by atoms with van der Waals surface area (Å²) in [6, 6.07) is 6.10. The molecule has 0 aromatic heterocycles. The second kappa shape index (κ2) is 4.77. The Morgan fingerprint density at radius 2 is 1.93 bits per heavy atom. The van der Waals surface area contributed by atoms with Gasteiger partial charge >= 0.3 is 0 Å². The lowest BCUT2D eigenvalue weighted by Gasteiger charge is -2.19. The molecule has 15 heavy (non-hydrogen) atoms. The van der Waals surface area contributed by atoms with E-state index in [4.69, 9.17) is 17.3 Å². The summed E-state index contributed by atoms with van der Waals surface area (Å²) in [6.45, 7) is 8.48. The summed E-state index contributed by atoms with van der Waals surface area (Å²) in [4.78, 5) is 1.12. The molecule has 1 atom stereocenters. The van der Waals surface area contributed by atoms with E-state index in [0.29, 0.717) is 0 Å². The van der Waals surface area contributed by atoms with Crippen LogP contribution in [0.25, 0.3) is 0 Å². The summed E-state index contributed by atoms with van der Waals surface area (Å²) < 4.78 is 0.180. The van der Waals surface area contributed by atoms with Crippen molar-refractivity contribution in [2.24, 2.45) is 5.73 Å². The van der Waals surface area contributed by atoms with Gasteiger partial charge in [0.25, 0.3) is 0 Å². The normalized spacial score (nSPS) is 14.0. The second-order valence-corrected chi connectivity index (χ2v) is 6.97. The molecule has 0 aliphatic heterocycles. The first-order valence-electron chi connectivity index (χ1n) is 5.03. The van der Waals surface area contributed by atoms with Crippen molar-refractivity contribution in [2.75, 3.05) is 0 Å². The van der Waals surface area contributed by atoms with Gasteiger partial charge in [0.05, 0.1) is 5.02 Å². The Morgan fingerprint density at radius 1 is 1.33 bits per heavy atom. The topological polar surface area (TPSA) is 26.0 Å². The van der Waals surface area contributed by atoms with E-state index in [1.165, 1.54) is 0 Å². The minimum Gasteiger partial charge on any atom is -0.324 e. The van der Waals surface area contributed by atoms with Crippen molar-refractivity contribution in [1.29, 1.82) is 0 Å². The predicted octanol–water partition coefficient (Wildman–Crippen LogP) is 4.25. The van der Waals surface area contributed by atoms with Crippen molar-refractivity contribution in [3.63, 3.8) is 0 Å². The molecule has 84 valence electrons. The monoisotopic (exact) mass is 243 g/mol. The van der Waals surface area contributed by atoms with Gasteiger partial charge in [0, 0.05) is 15.7 Å². The smallest absolute Gasteiger partial charge is 0.0545 e. The minimum atomic E-state index is 0.0381. The van der Waals surface area contributed by atoms with E-state index >= 15 is 0 Å². The van der Waals surface area contributed by atoms with E-state index in [1.807, 2.05) is 19.1 Å².